The number of nitrogens with one attached hydrogen (secondary N) is 1. The number of rotatable bonds is 7. The average Bonchev–Trinajstić information content (AvgIpc) is 2.79. The normalized spacial score (nSPS) is 11.8. The smallest absolute Gasteiger partial charge is 0.224 e. The second kappa shape index (κ2) is 8.21. The van der Waals surface area contributed by atoms with Crippen molar-refractivity contribution in [2.75, 3.05) is 11.6 Å². The van der Waals surface area contributed by atoms with Crippen LogP contribution in [0.5, 0.6) is 0 Å². The van der Waals surface area contributed by atoms with Gasteiger partial charge in [-0.25, -0.2) is 12.8 Å². The molecule has 27 heavy (non-hydrogen) atoms. The van der Waals surface area contributed by atoms with Gasteiger partial charge in [0.25, 0.3) is 0 Å². The Balaban J connectivity index is 2.09. The van der Waals surface area contributed by atoms with Crippen LogP contribution in [0.4, 0.5) is 10.1 Å². The molecule has 8 heteroatoms. The van der Waals surface area contributed by atoms with Gasteiger partial charge < -0.3 is 5.32 Å². The van der Waals surface area contributed by atoms with Gasteiger partial charge in [0.2, 0.25) is 5.91 Å². The van der Waals surface area contributed by atoms with Crippen LogP contribution in [0.15, 0.2) is 23.1 Å². The number of halogens is 1. The van der Waals surface area contributed by atoms with E-state index in [0.29, 0.717) is 12.3 Å². The van der Waals surface area contributed by atoms with Gasteiger partial charge in [-0.3, -0.25) is 9.48 Å². The van der Waals surface area contributed by atoms with Crippen molar-refractivity contribution < 1.29 is 17.6 Å². The monoisotopic (exact) mass is 395 g/mol. The molecule has 1 heterocycles. The van der Waals surface area contributed by atoms with Crippen molar-refractivity contribution in [3.8, 4) is 0 Å². The topological polar surface area (TPSA) is 81.1 Å². The van der Waals surface area contributed by atoms with E-state index in [1.807, 2.05) is 18.5 Å². The number of aryl methyl sites for hydroxylation is 1. The Morgan fingerprint density at radius 2 is 1.96 bits per heavy atom. The van der Waals surface area contributed by atoms with Crippen LogP contribution in [0.3, 0.4) is 0 Å². The van der Waals surface area contributed by atoms with E-state index in [0.717, 1.165) is 41.9 Å². The molecule has 0 bridgehead atoms. The first-order valence-corrected chi connectivity index (χ1v) is 10.7. The zero-order chi connectivity index (χ0) is 20.4. The van der Waals surface area contributed by atoms with E-state index in [4.69, 9.17) is 0 Å². The fourth-order valence-corrected chi connectivity index (χ4v) is 3.55. The fraction of sp³-hybridized carbons (Fsp3) is 0.474. The molecule has 6 nitrogen and oxygen atoms in total. The van der Waals surface area contributed by atoms with Crippen LogP contribution in [-0.2, 0) is 27.6 Å². The molecule has 0 aliphatic heterocycles. The molecule has 0 radical (unpaired) electrons. The van der Waals surface area contributed by atoms with Crippen LogP contribution in [0.2, 0.25) is 0 Å². The molecule has 0 saturated carbocycles. The average molecular weight is 396 g/mol. The summed E-state index contributed by atoms with van der Waals surface area (Å²) in [6, 6.07) is 3.35. The maximum atomic E-state index is 13.9. The summed E-state index contributed by atoms with van der Waals surface area (Å²) in [5.74, 6) is -0.591. The molecule has 2 aromatic rings. The standard InChI is InChI=1S/C19H26FN3O3S/c1-12(2)11-23-14(4)16(13(3)22-23)7-9-19(24)21-18-10-15(27(5,25)26)6-8-17(18)20/h6,8,10,12H,7,9,11H2,1-5H3,(H,21,24). The van der Waals surface area contributed by atoms with E-state index in [9.17, 15) is 17.6 Å². The summed E-state index contributed by atoms with van der Waals surface area (Å²) >= 11 is 0. The molecule has 0 spiro atoms. The number of carbonyl (C=O) groups is 1. The van der Waals surface area contributed by atoms with Crippen LogP contribution >= 0.6 is 0 Å². The second-order valence-corrected chi connectivity index (χ2v) is 9.20. The highest BCUT2D eigenvalue weighted by Gasteiger charge is 2.16. The molecule has 0 unspecified atom stereocenters. The van der Waals surface area contributed by atoms with Gasteiger partial charge in [0, 0.05) is 24.9 Å². The molecule has 0 atom stereocenters. The molecule has 1 amide bonds. The molecule has 2 rings (SSSR count). The summed E-state index contributed by atoms with van der Waals surface area (Å²) in [4.78, 5) is 12.2. The third-order valence-electron chi connectivity index (χ3n) is 4.31. The Morgan fingerprint density at radius 3 is 2.56 bits per heavy atom. The number of hydrogen-bond donors (Lipinski definition) is 1. The number of amides is 1. The van der Waals surface area contributed by atoms with Gasteiger partial charge in [-0.05, 0) is 49.9 Å². The van der Waals surface area contributed by atoms with E-state index in [1.165, 1.54) is 6.07 Å². The zero-order valence-electron chi connectivity index (χ0n) is 16.3. The molecule has 1 N–H and O–H groups in total. The number of nitrogens with zero attached hydrogens (tertiary/aromatic N) is 2. The van der Waals surface area contributed by atoms with Gasteiger partial charge >= 0.3 is 0 Å². The predicted molar refractivity (Wildman–Crippen MR) is 103 cm³/mol. The lowest BCUT2D eigenvalue weighted by Crippen LogP contribution is -2.14. The van der Waals surface area contributed by atoms with Crippen molar-refractivity contribution in [1.29, 1.82) is 0 Å². The number of anilines is 1. The lowest BCUT2D eigenvalue weighted by atomic mass is 10.1. The van der Waals surface area contributed by atoms with Crippen molar-refractivity contribution in [2.45, 2.75) is 52.0 Å². The minimum Gasteiger partial charge on any atom is -0.324 e. The van der Waals surface area contributed by atoms with E-state index >= 15 is 0 Å². The molecule has 148 valence electrons. The molecule has 0 fully saturated rings. The Hall–Kier alpha value is -2.22. The third kappa shape index (κ3) is 5.38. The minimum absolute atomic E-state index is 0.0409. The van der Waals surface area contributed by atoms with Gasteiger partial charge in [0.15, 0.2) is 9.84 Å². The fourth-order valence-electron chi connectivity index (χ4n) is 2.90. The number of aromatic nitrogens is 2. The lowest BCUT2D eigenvalue weighted by molar-refractivity contribution is -0.116. The van der Waals surface area contributed by atoms with Crippen LogP contribution in [0.25, 0.3) is 0 Å². The molecule has 0 saturated heterocycles. The lowest BCUT2D eigenvalue weighted by Gasteiger charge is -2.09. The number of sulfone groups is 1. The maximum Gasteiger partial charge on any atom is 0.224 e. The van der Waals surface area contributed by atoms with Crippen LogP contribution in [0.1, 0.15) is 37.2 Å². The van der Waals surface area contributed by atoms with E-state index < -0.39 is 15.7 Å². The van der Waals surface area contributed by atoms with Crippen LogP contribution < -0.4 is 5.32 Å². The Bertz CT molecular complexity index is 949. The summed E-state index contributed by atoms with van der Waals surface area (Å²) in [5, 5.41) is 6.99. The largest absolute Gasteiger partial charge is 0.324 e. The van der Waals surface area contributed by atoms with Crippen LogP contribution in [-0.4, -0.2) is 30.4 Å². The predicted octanol–water partition coefficient (Wildman–Crippen LogP) is 3.27. The number of hydrogen-bond acceptors (Lipinski definition) is 4. The highest BCUT2D eigenvalue weighted by Crippen LogP contribution is 2.21. The SMILES string of the molecule is Cc1nn(CC(C)C)c(C)c1CCC(=O)Nc1cc(S(C)(=O)=O)ccc1F. The summed E-state index contributed by atoms with van der Waals surface area (Å²) in [5.41, 5.74) is 2.79. The Kier molecular flexibility index (Phi) is 6.41. The van der Waals surface area contributed by atoms with E-state index in [1.54, 1.807) is 0 Å². The van der Waals surface area contributed by atoms with Crippen LogP contribution in [0, 0.1) is 25.6 Å². The highest BCUT2D eigenvalue weighted by molar-refractivity contribution is 7.90. The highest BCUT2D eigenvalue weighted by atomic mass is 32.2. The first-order chi connectivity index (χ1) is 12.5. The molecule has 1 aromatic carbocycles. The van der Waals surface area contributed by atoms with Crippen molar-refractivity contribution in [3.05, 3.63) is 41.0 Å². The van der Waals surface area contributed by atoms with Gasteiger partial charge in [-0.2, -0.15) is 5.10 Å². The molecular formula is C19H26FN3O3S. The van der Waals surface area contributed by atoms with Crippen molar-refractivity contribution in [3.63, 3.8) is 0 Å². The van der Waals surface area contributed by atoms with Crippen molar-refractivity contribution in [1.82, 2.24) is 9.78 Å². The summed E-state index contributed by atoms with van der Waals surface area (Å²) in [6.07, 6.45) is 1.67. The third-order valence-corrected chi connectivity index (χ3v) is 5.42. The van der Waals surface area contributed by atoms with Crippen molar-refractivity contribution in [2.24, 2.45) is 5.92 Å². The van der Waals surface area contributed by atoms with Gasteiger partial charge in [0.05, 0.1) is 16.3 Å². The Morgan fingerprint density at radius 1 is 1.30 bits per heavy atom. The first kappa shape index (κ1) is 21.1. The molecular weight excluding hydrogens is 369 g/mol. The summed E-state index contributed by atoms with van der Waals surface area (Å²) in [6.45, 7) is 8.92. The van der Waals surface area contributed by atoms with Gasteiger partial charge in [-0.15, -0.1) is 0 Å². The molecule has 0 aliphatic carbocycles. The van der Waals surface area contributed by atoms with Crippen molar-refractivity contribution >= 4 is 21.4 Å². The van der Waals surface area contributed by atoms with E-state index in [-0.39, 0.29) is 22.9 Å². The minimum atomic E-state index is -3.48. The molecule has 1 aromatic heterocycles. The second-order valence-electron chi connectivity index (χ2n) is 7.19. The maximum absolute atomic E-state index is 13.9. The number of carbonyl (C=O) groups excluding carboxylic acids is 1. The first-order valence-electron chi connectivity index (χ1n) is 8.81. The van der Waals surface area contributed by atoms with Gasteiger partial charge in [0.1, 0.15) is 5.82 Å². The quantitative estimate of drug-likeness (QED) is 0.730. The molecule has 0 aliphatic rings. The summed E-state index contributed by atoms with van der Waals surface area (Å²) < 4.78 is 39.1. The Labute approximate surface area is 159 Å². The van der Waals surface area contributed by atoms with Gasteiger partial charge in [-0.1, -0.05) is 13.8 Å². The van der Waals surface area contributed by atoms with E-state index in [2.05, 4.69) is 24.3 Å². The number of benzene rings is 1. The summed E-state index contributed by atoms with van der Waals surface area (Å²) in [7, 11) is -3.48. The zero-order valence-corrected chi connectivity index (χ0v) is 17.2.